The van der Waals surface area contributed by atoms with Gasteiger partial charge in [-0.25, -0.2) is 0 Å². The van der Waals surface area contributed by atoms with Crippen molar-refractivity contribution in [1.29, 1.82) is 0 Å². The Morgan fingerprint density at radius 1 is 1.18 bits per heavy atom. The molecule has 2 aliphatic heterocycles. The van der Waals surface area contributed by atoms with Crippen molar-refractivity contribution >= 4 is 0 Å². The molecule has 3 aliphatic rings. The first-order chi connectivity index (χ1) is 10.6. The van der Waals surface area contributed by atoms with E-state index in [1.807, 2.05) is 0 Å². The predicted octanol–water partition coefficient (Wildman–Crippen LogP) is 0.488. The Labute approximate surface area is 130 Å². The van der Waals surface area contributed by atoms with Gasteiger partial charge in [0.05, 0.1) is 12.7 Å². The second-order valence-corrected chi connectivity index (χ2v) is 6.54. The van der Waals surface area contributed by atoms with E-state index in [1.165, 1.54) is 0 Å². The summed E-state index contributed by atoms with van der Waals surface area (Å²) in [5.74, 6) is -0.672. The van der Waals surface area contributed by atoms with Crippen LogP contribution < -0.4 is 0 Å². The van der Waals surface area contributed by atoms with E-state index < -0.39 is 49.0 Å². The molecule has 2 heterocycles. The Kier molecular flexibility index (Phi) is 4.87. The summed E-state index contributed by atoms with van der Waals surface area (Å²) in [4.78, 5) is 0. The first-order valence-electron chi connectivity index (χ1n) is 8.19. The highest BCUT2D eigenvalue weighted by Crippen LogP contribution is 2.45. The topological polar surface area (TPSA) is 88.4 Å². The number of hydrogen-bond acceptors (Lipinski definition) is 6. The van der Waals surface area contributed by atoms with E-state index in [-0.39, 0.29) is 0 Å². The highest BCUT2D eigenvalue weighted by Gasteiger charge is 2.58. The molecule has 1 aliphatic carbocycles. The Morgan fingerprint density at radius 2 is 1.86 bits per heavy atom. The fourth-order valence-corrected chi connectivity index (χ4v) is 3.85. The summed E-state index contributed by atoms with van der Waals surface area (Å²) in [6.45, 7) is 3.26. The van der Waals surface area contributed by atoms with Crippen molar-refractivity contribution < 1.29 is 29.5 Å². The minimum atomic E-state index is -1.06. The summed E-state index contributed by atoms with van der Waals surface area (Å²) < 4.78 is 18.1. The zero-order valence-electron chi connectivity index (χ0n) is 12.8. The minimum absolute atomic E-state index is 0.416. The van der Waals surface area contributed by atoms with E-state index in [0.29, 0.717) is 6.42 Å². The normalized spacial score (nSPS) is 42.0. The Morgan fingerprint density at radius 3 is 2.50 bits per heavy atom. The molecule has 126 valence electrons. The molecule has 6 heteroatoms. The van der Waals surface area contributed by atoms with Crippen molar-refractivity contribution in [3.63, 3.8) is 0 Å². The largest absolute Gasteiger partial charge is 0.394 e. The molecule has 0 amide bonds. The molecule has 6 nitrogen and oxygen atoms in total. The smallest absolute Gasteiger partial charge is 0.169 e. The minimum Gasteiger partial charge on any atom is -0.394 e. The van der Waals surface area contributed by atoms with Crippen molar-refractivity contribution in [1.82, 2.24) is 0 Å². The molecule has 0 aromatic heterocycles. The Balaban J connectivity index is 1.82. The van der Waals surface area contributed by atoms with E-state index >= 15 is 0 Å². The third-order valence-electron chi connectivity index (χ3n) is 4.98. The van der Waals surface area contributed by atoms with Crippen molar-refractivity contribution in [3.05, 3.63) is 12.7 Å². The number of aliphatic hydroxyl groups excluding tert-OH is 3. The van der Waals surface area contributed by atoms with Crippen LogP contribution in [0.5, 0.6) is 0 Å². The average Bonchev–Trinajstić information content (AvgIpc) is 2.89. The van der Waals surface area contributed by atoms with Gasteiger partial charge in [0, 0.05) is 12.8 Å². The molecule has 0 bridgehead atoms. The third-order valence-corrected chi connectivity index (χ3v) is 4.98. The second kappa shape index (κ2) is 6.55. The van der Waals surface area contributed by atoms with Crippen molar-refractivity contribution in [2.24, 2.45) is 0 Å². The van der Waals surface area contributed by atoms with Crippen molar-refractivity contribution in [2.75, 3.05) is 6.61 Å². The maximum atomic E-state index is 10.5. The van der Waals surface area contributed by atoms with E-state index in [0.717, 1.165) is 32.1 Å². The Hall–Kier alpha value is -0.500. The van der Waals surface area contributed by atoms with Gasteiger partial charge in [-0.1, -0.05) is 12.5 Å². The van der Waals surface area contributed by atoms with Gasteiger partial charge in [0.2, 0.25) is 0 Å². The maximum Gasteiger partial charge on any atom is 0.169 e. The number of ether oxygens (including phenoxy) is 3. The SMILES string of the molecule is C=CCC1O[C@@H]([C@H](O)CO)[C@H]2OC3(CCCCC3)OC2[C@H]1O. The third kappa shape index (κ3) is 2.84. The molecule has 3 rings (SSSR count). The number of hydrogen-bond donors (Lipinski definition) is 3. The van der Waals surface area contributed by atoms with Crippen LogP contribution in [-0.2, 0) is 14.2 Å². The highest BCUT2D eigenvalue weighted by atomic mass is 16.8. The summed E-state index contributed by atoms with van der Waals surface area (Å²) >= 11 is 0. The van der Waals surface area contributed by atoms with Gasteiger partial charge in [-0.3, -0.25) is 0 Å². The van der Waals surface area contributed by atoms with E-state index in [2.05, 4.69) is 6.58 Å². The van der Waals surface area contributed by atoms with Gasteiger partial charge in [-0.2, -0.15) is 0 Å². The lowest BCUT2D eigenvalue weighted by Crippen LogP contribution is -2.59. The van der Waals surface area contributed by atoms with Crippen LogP contribution in [0.4, 0.5) is 0 Å². The molecule has 2 unspecified atom stereocenters. The van der Waals surface area contributed by atoms with Crippen LogP contribution >= 0.6 is 0 Å². The number of rotatable bonds is 4. The van der Waals surface area contributed by atoms with Crippen molar-refractivity contribution in [3.8, 4) is 0 Å². The first kappa shape index (κ1) is 16.4. The average molecular weight is 314 g/mol. The molecule has 22 heavy (non-hydrogen) atoms. The summed E-state index contributed by atoms with van der Waals surface area (Å²) in [5, 5.41) is 29.9. The van der Waals surface area contributed by atoms with Gasteiger partial charge >= 0.3 is 0 Å². The molecule has 0 radical (unpaired) electrons. The summed E-state index contributed by atoms with van der Waals surface area (Å²) in [7, 11) is 0. The van der Waals surface area contributed by atoms with Crippen LogP contribution in [0.3, 0.4) is 0 Å². The molecule has 1 spiro atoms. The lowest BCUT2D eigenvalue weighted by atomic mass is 9.91. The lowest BCUT2D eigenvalue weighted by molar-refractivity contribution is -0.217. The van der Waals surface area contributed by atoms with Crippen LogP contribution in [0.1, 0.15) is 38.5 Å². The van der Waals surface area contributed by atoms with Gasteiger partial charge in [-0.05, 0) is 19.3 Å². The van der Waals surface area contributed by atoms with Crippen LogP contribution in [0.15, 0.2) is 12.7 Å². The fourth-order valence-electron chi connectivity index (χ4n) is 3.85. The second-order valence-electron chi connectivity index (χ2n) is 6.54. The van der Waals surface area contributed by atoms with Crippen LogP contribution in [0, 0.1) is 0 Å². The fraction of sp³-hybridized carbons (Fsp3) is 0.875. The first-order valence-corrected chi connectivity index (χ1v) is 8.19. The van der Waals surface area contributed by atoms with Gasteiger partial charge < -0.3 is 29.5 Å². The number of fused-ring (bicyclic) bond motifs is 1. The number of aliphatic hydroxyl groups is 3. The quantitative estimate of drug-likeness (QED) is 0.655. The van der Waals surface area contributed by atoms with Gasteiger partial charge in [0.15, 0.2) is 5.79 Å². The molecular weight excluding hydrogens is 288 g/mol. The molecular formula is C16H26O6. The summed E-state index contributed by atoms with van der Waals surface area (Å²) in [6.07, 6.45) is 2.72. The monoisotopic (exact) mass is 314 g/mol. The summed E-state index contributed by atoms with van der Waals surface area (Å²) in [6, 6.07) is 0. The maximum absolute atomic E-state index is 10.5. The van der Waals surface area contributed by atoms with Crippen LogP contribution in [0.2, 0.25) is 0 Å². The molecule has 0 aromatic carbocycles. The van der Waals surface area contributed by atoms with E-state index in [4.69, 9.17) is 14.2 Å². The molecule has 1 saturated carbocycles. The predicted molar refractivity (Wildman–Crippen MR) is 78.1 cm³/mol. The highest BCUT2D eigenvalue weighted by molar-refractivity contribution is 5.03. The molecule has 0 aromatic rings. The molecule has 3 N–H and O–H groups in total. The Bertz CT molecular complexity index is 394. The molecule has 3 fully saturated rings. The van der Waals surface area contributed by atoms with E-state index in [9.17, 15) is 15.3 Å². The molecule has 6 atom stereocenters. The van der Waals surface area contributed by atoms with E-state index in [1.54, 1.807) is 6.08 Å². The van der Waals surface area contributed by atoms with Gasteiger partial charge in [-0.15, -0.1) is 6.58 Å². The zero-order valence-corrected chi connectivity index (χ0v) is 12.8. The van der Waals surface area contributed by atoms with Crippen LogP contribution in [-0.4, -0.2) is 64.3 Å². The lowest BCUT2D eigenvalue weighted by Gasteiger charge is -2.41. The molecule has 2 saturated heterocycles. The van der Waals surface area contributed by atoms with Gasteiger partial charge in [0.1, 0.15) is 30.5 Å². The summed E-state index contributed by atoms with van der Waals surface area (Å²) in [5.41, 5.74) is 0. The zero-order chi connectivity index (χ0) is 15.7. The standard InChI is InChI=1S/C16H26O6/c1-2-6-11-12(19)14-15(13(20-11)10(18)9-17)22-16(21-14)7-4-3-5-8-16/h2,10-15,17-19H,1,3-9H2/t10-,11?,12+,13+,14?,15-/m1/s1. The van der Waals surface area contributed by atoms with Crippen molar-refractivity contribution in [2.45, 2.75) is 80.9 Å². The van der Waals surface area contributed by atoms with Gasteiger partial charge in [0.25, 0.3) is 0 Å². The van der Waals surface area contributed by atoms with Crippen LogP contribution in [0.25, 0.3) is 0 Å².